The zero-order valence-corrected chi connectivity index (χ0v) is 11.7. The molecule has 0 saturated carbocycles. The van der Waals surface area contributed by atoms with E-state index in [0.717, 1.165) is 16.6 Å². The van der Waals surface area contributed by atoms with Gasteiger partial charge in [0.2, 0.25) is 7.50 Å². The Labute approximate surface area is 117 Å². The molecule has 1 unspecified atom stereocenters. The van der Waals surface area contributed by atoms with Crippen molar-refractivity contribution in [3.05, 3.63) is 60.7 Å². The van der Waals surface area contributed by atoms with Gasteiger partial charge in [-0.05, 0) is 39.7 Å². The normalized spacial score (nSPS) is 16.6. The topological polar surface area (TPSA) is 9.23 Å². The lowest BCUT2D eigenvalue weighted by molar-refractivity contribution is 0.634. The maximum absolute atomic E-state index is 6.37. The van der Waals surface area contributed by atoms with Gasteiger partial charge >= 0.3 is 0 Å². The summed E-state index contributed by atoms with van der Waals surface area (Å²) in [7, 11) is -1.08. The molecule has 0 N–H and O–H groups in total. The minimum Gasteiger partial charge on any atom is -0.453 e. The second kappa shape index (κ2) is 4.23. The fraction of sp³-hybridized carbons (Fsp3) is 0. The van der Waals surface area contributed by atoms with E-state index in [1.165, 1.54) is 16.3 Å². The number of hydrogen-bond donors (Lipinski definition) is 0. The standard InChI is InChI=1S/C16H10ClOP/c17-19-15-8-4-3-7-13(15)16-12-6-2-1-5-11(12)9-10-14(16)18-19/h1-10H. The van der Waals surface area contributed by atoms with Gasteiger partial charge in [0.15, 0.2) is 0 Å². The molecule has 0 bridgehead atoms. The van der Waals surface area contributed by atoms with Crippen molar-refractivity contribution in [2.45, 2.75) is 0 Å². The number of halogens is 1. The monoisotopic (exact) mass is 284 g/mol. The maximum Gasteiger partial charge on any atom is 0.215 e. The first-order valence-corrected chi connectivity index (χ1v) is 8.26. The highest BCUT2D eigenvalue weighted by Gasteiger charge is 2.26. The average molecular weight is 285 g/mol. The summed E-state index contributed by atoms with van der Waals surface area (Å²) in [5.41, 5.74) is 2.36. The van der Waals surface area contributed by atoms with Crippen LogP contribution in [0.25, 0.3) is 21.9 Å². The molecule has 0 fully saturated rings. The van der Waals surface area contributed by atoms with E-state index in [0.29, 0.717) is 0 Å². The van der Waals surface area contributed by atoms with Crippen LogP contribution in [0.3, 0.4) is 0 Å². The summed E-state index contributed by atoms with van der Waals surface area (Å²) in [6.07, 6.45) is 0. The first kappa shape index (κ1) is 11.3. The summed E-state index contributed by atoms with van der Waals surface area (Å²) in [6.45, 7) is 0. The highest BCUT2D eigenvalue weighted by atomic mass is 35.7. The Morgan fingerprint density at radius 3 is 2.58 bits per heavy atom. The molecule has 92 valence electrons. The van der Waals surface area contributed by atoms with E-state index in [2.05, 4.69) is 48.5 Å². The quantitative estimate of drug-likeness (QED) is 0.523. The molecule has 0 spiro atoms. The van der Waals surface area contributed by atoms with E-state index in [-0.39, 0.29) is 0 Å². The molecule has 0 aliphatic carbocycles. The highest BCUT2D eigenvalue weighted by Crippen LogP contribution is 2.53. The largest absolute Gasteiger partial charge is 0.453 e. The predicted octanol–water partition coefficient (Wildman–Crippen LogP) is 5.08. The Morgan fingerprint density at radius 2 is 1.63 bits per heavy atom. The number of rotatable bonds is 0. The third-order valence-corrected chi connectivity index (χ3v) is 5.31. The van der Waals surface area contributed by atoms with Gasteiger partial charge in [0.25, 0.3) is 0 Å². The second-order valence-corrected chi connectivity index (χ2v) is 6.59. The van der Waals surface area contributed by atoms with Gasteiger partial charge in [-0.1, -0.05) is 48.5 Å². The van der Waals surface area contributed by atoms with E-state index in [9.17, 15) is 0 Å². The zero-order valence-electron chi connectivity index (χ0n) is 10.0. The van der Waals surface area contributed by atoms with Crippen LogP contribution in [0.1, 0.15) is 0 Å². The first-order valence-electron chi connectivity index (χ1n) is 6.09. The van der Waals surface area contributed by atoms with Gasteiger partial charge in [-0.3, -0.25) is 0 Å². The lowest BCUT2D eigenvalue weighted by Crippen LogP contribution is -2.11. The molecular weight excluding hydrogens is 275 g/mol. The SMILES string of the molecule is ClP1Oc2ccc3ccccc3c2-c2ccccc21. The summed E-state index contributed by atoms with van der Waals surface area (Å²) >= 11 is 6.37. The van der Waals surface area contributed by atoms with Crippen molar-refractivity contribution in [1.82, 2.24) is 0 Å². The number of benzene rings is 3. The Kier molecular flexibility index (Phi) is 2.51. The summed E-state index contributed by atoms with van der Waals surface area (Å²) in [5.74, 6) is 0.888. The molecule has 4 rings (SSSR count). The predicted molar refractivity (Wildman–Crippen MR) is 82.4 cm³/mol. The number of fused-ring (bicyclic) bond motifs is 5. The average Bonchev–Trinajstić information content (AvgIpc) is 2.47. The Hall–Kier alpha value is -1.56. The van der Waals surface area contributed by atoms with Crippen molar-refractivity contribution in [2.75, 3.05) is 0 Å². The Bertz CT molecular complexity index is 785. The van der Waals surface area contributed by atoms with Gasteiger partial charge < -0.3 is 4.52 Å². The van der Waals surface area contributed by atoms with Crippen LogP contribution in [0.5, 0.6) is 5.75 Å². The van der Waals surface area contributed by atoms with Crippen molar-refractivity contribution in [2.24, 2.45) is 0 Å². The smallest absolute Gasteiger partial charge is 0.215 e. The molecule has 1 aliphatic rings. The fourth-order valence-corrected chi connectivity index (χ4v) is 4.25. The van der Waals surface area contributed by atoms with Crippen LogP contribution in [-0.2, 0) is 0 Å². The lowest BCUT2D eigenvalue weighted by Gasteiger charge is -2.25. The molecule has 0 saturated heterocycles. The molecule has 0 radical (unpaired) electrons. The van der Waals surface area contributed by atoms with Crippen molar-refractivity contribution in [3.63, 3.8) is 0 Å². The van der Waals surface area contributed by atoms with Crippen molar-refractivity contribution >= 4 is 34.8 Å². The molecule has 0 aromatic heterocycles. The van der Waals surface area contributed by atoms with Crippen LogP contribution in [-0.4, -0.2) is 0 Å². The summed E-state index contributed by atoms with van der Waals surface area (Å²) in [6, 6.07) is 20.7. The lowest BCUT2D eigenvalue weighted by atomic mass is 9.97. The first-order chi connectivity index (χ1) is 9.34. The van der Waals surface area contributed by atoms with Crippen LogP contribution < -0.4 is 9.83 Å². The molecule has 1 heterocycles. The molecule has 1 aliphatic heterocycles. The van der Waals surface area contributed by atoms with Gasteiger partial charge in [0, 0.05) is 10.9 Å². The molecule has 1 nitrogen and oxygen atoms in total. The van der Waals surface area contributed by atoms with Crippen LogP contribution >= 0.6 is 18.7 Å². The minimum absolute atomic E-state index is 0.888. The van der Waals surface area contributed by atoms with Crippen LogP contribution in [0, 0.1) is 0 Å². The fourth-order valence-electron chi connectivity index (χ4n) is 2.58. The molecular formula is C16H10ClOP. The van der Waals surface area contributed by atoms with Gasteiger partial charge in [-0.15, -0.1) is 0 Å². The highest BCUT2D eigenvalue weighted by molar-refractivity contribution is 7.86. The van der Waals surface area contributed by atoms with E-state index in [1.807, 2.05) is 12.1 Å². The van der Waals surface area contributed by atoms with E-state index < -0.39 is 7.50 Å². The number of hydrogen-bond acceptors (Lipinski definition) is 1. The third-order valence-electron chi connectivity index (χ3n) is 3.43. The van der Waals surface area contributed by atoms with E-state index in [1.54, 1.807) is 0 Å². The van der Waals surface area contributed by atoms with Crippen LogP contribution in [0.15, 0.2) is 60.7 Å². The van der Waals surface area contributed by atoms with Gasteiger partial charge in [-0.25, -0.2) is 0 Å². The molecule has 1 atom stereocenters. The van der Waals surface area contributed by atoms with E-state index >= 15 is 0 Å². The zero-order chi connectivity index (χ0) is 12.8. The van der Waals surface area contributed by atoms with Gasteiger partial charge in [-0.2, -0.15) is 0 Å². The van der Waals surface area contributed by atoms with Crippen LogP contribution in [0.4, 0.5) is 0 Å². The van der Waals surface area contributed by atoms with E-state index in [4.69, 9.17) is 15.8 Å². The summed E-state index contributed by atoms with van der Waals surface area (Å²) in [4.78, 5) is 0. The van der Waals surface area contributed by atoms with Crippen LogP contribution in [0.2, 0.25) is 0 Å². The second-order valence-electron chi connectivity index (χ2n) is 4.51. The molecule has 0 amide bonds. The Balaban J connectivity index is 2.14. The van der Waals surface area contributed by atoms with Crippen molar-refractivity contribution in [3.8, 4) is 16.9 Å². The van der Waals surface area contributed by atoms with Gasteiger partial charge in [0.1, 0.15) is 5.75 Å². The third kappa shape index (κ3) is 1.66. The molecule has 3 aromatic carbocycles. The minimum atomic E-state index is -1.08. The molecule has 3 heteroatoms. The van der Waals surface area contributed by atoms with Gasteiger partial charge in [0.05, 0.1) is 0 Å². The molecule has 3 aromatic rings. The summed E-state index contributed by atoms with van der Waals surface area (Å²) in [5, 5.41) is 3.54. The Morgan fingerprint density at radius 1 is 0.842 bits per heavy atom. The maximum atomic E-state index is 6.37. The summed E-state index contributed by atoms with van der Waals surface area (Å²) < 4.78 is 5.90. The van der Waals surface area contributed by atoms with Crippen molar-refractivity contribution in [1.29, 1.82) is 0 Å². The molecule has 19 heavy (non-hydrogen) atoms. The van der Waals surface area contributed by atoms with Crippen molar-refractivity contribution < 1.29 is 4.52 Å².